The van der Waals surface area contributed by atoms with Gasteiger partial charge in [0.1, 0.15) is 4.90 Å². The van der Waals surface area contributed by atoms with Crippen LogP contribution in [0.1, 0.15) is 25.5 Å². The molecule has 0 aliphatic rings. The van der Waals surface area contributed by atoms with Gasteiger partial charge in [-0.25, -0.2) is 12.7 Å². The fourth-order valence-electron chi connectivity index (χ4n) is 1.27. The molecule has 0 aromatic carbocycles. The van der Waals surface area contributed by atoms with E-state index < -0.39 is 10.0 Å². The van der Waals surface area contributed by atoms with Gasteiger partial charge in [-0.3, -0.25) is 5.10 Å². The second-order valence-corrected chi connectivity index (χ2v) is 5.55. The van der Waals surface area contributed by atoms with Crippen molar-refractivity contribution in [3.05, 3.63) is 11.9 Å². The maximum atomic E-state index is 12.0. The van der Waals surface area contributed by atoms with Gasteiger partial charge in [0.2, 0.25) is 10.0 Å². The third-order valence-electron chi connectivity index (χ3n) is 2.30. The average molecular weight is 231 g/mol. The third kappa shape index (κ3) is 2.57. The predicted molar refractivity (Wildman–Crippen MR) is 58.0 cm³/mol. The molecule has 6 heteroatoms. The van der Waals surface area contributed by atoms with Gasteiger partial charge in [0.15, 0.2) is 0 Å². The lowest BCUT2D eigenvalue weighted by molar-refractivity contribution is 0.459. The molecule has 1 aromatic heterocycles. The number of hydrogen-bond acceptors (Lipinski definition) is 3. The molecule has 0 bridgehead atoms. The normalized spacial score (nSPS) is 12.3. The molecule has 1 heterocycles. The first-order chi connectivity index (χ1) is 7.00. The van der Waals surface area contributed by atoms with Gasteiger partial charge in [-0.15, -0.1) is 0 Å². The van der Waals surface area contributed by atoms with Crippen molar-refractivity contribution in [2.75, 3.05) is 13.6 Å². The number of nitrogens with zero attached hydrogens (tertiary/aromatic N) is 2. The van der Waals surface area contributed by atoms with Gasteiger partial charge in [-0.2, -0.15) is 5.10 Å². The Bertz CT molecular complexity index is 411. The first kappa shape index (κ1) is 12.2. The molecule has 0 atom stereocenters. The topological polar surface area (TPSA) is 66.1 Å². The molecule has 0 saturated heterocycles. The molecule has 5 nitrogen and oxygen atoms in total. The van der Waals surface area contributed by atoms with Crippen LogP contribution in [0.4, 0.5) is 0 Å². The number of aromatic nitrogens is 2. The summed E-state index contributed by atoms with van der Waals surface area (Å²) in [5.74, 6) is 0. The maximum absolute atomic E-state index is 12.0. The van der Waals surface area contributed by atoms with E-state index in [0.717, 1.165) is 12.8 Å². The number of sulfonamides is 1. The Morgan fingerprint density at radius 2 is 2.20 bits per heavy atom. The number of unbranched alkanes of at least 4 members (excludes halogenated alkanes) is 1. The van der Waals surface area contributed by atoms with E-state index >= 15 is 0 Å². The SMILES string of the molecule is CCCCN(C)S(=O)(=O)c1cn[nH]c1C. The smallest absolute Gasteiger partial charge is 0.246 e. The van der Waals surface area contributed by atoms with Crippen LogP contribution in [0.25, 0.3) is 0 Å². The molecule has 15 heavy (non-hydrogen) atoms. The molecule has 0 amide bonds. The minimum atomic E-state index is -3.36. The molecule has 86 valence electrons. The number of H-pyrrole nitrogens is 1. The summed E-state index contributed by atoms with van der Waals surface area (Å²) < 4.78 is 25.3. The molecule has 1 rings (SSSR count). The number of aromatic amines is 1. The first-order valence-corrected chi connectivity index (χ1v) is 6.40. The lowest BCUT2D eigenvalue weighted by Crippen LogP contribution is -2.28. The van der Waals surface area contributed by atoms with E-state index in [0.29, 0.717) is 12.2 Å². The van der Waals surface area contributed by atoms with E-state index in [2.05, 4.69) is 10.2 Å². The van der Waals surface area contributed by atoms with Crippen molar-refractivity contribution in [2.45, 2.75) is 31.6 Å². The van der Waals surface area contributed by atoms with Gasteiger partial charge in [0, 0.05) is 13.6 Å². The lowest BCUT2D eigenvalue weighted by Gasteiger charge is -2.15. The largest absolute Gasteiger partial charge is 0.281 e. The summed E-state index contributed by atoms with van der Waals surface area (Å²) in [5.41, 5.74) is 0.582. The maximum Gasteiger partial charge on any atom is 0.246 e. The summed E-state index contributed by atoms with van der Waals surface area (Å²) in [4.78, 5) is 0.265. The lowest BCUT2D eigenvalue weighted by atomic mass is 10.3. The molecular formula is C9H17N3O2S. The van der Waals surface area contributed by atoms with Crippen molar-refractivity contribution < 1.29 is 8.42 Å². The van der Waals surface area contributed by atoms with Crippen molar-refractivity contribution >= 4 is 10.0 Å². The zero-order valence-electron chi connectivity index (χ0n) is 9.32. The van der Waals surface area contributed by atoms with Crippen LogP contribution in [0.15, 0.2) is 11.1 Å². The summed E-state index contributed by atoms with van der Waals surface area (Å²) in [6.07, 6.45) is 3.20. The summed E-state index contributed by atoms with van der Waals surface area (Å²) in [6, 6.07) is 0. The van der Waals surface area contributed by atoms with Gasteiger partial charge in [0.25, 0.3) is 0 Å². The second kappa shape index (κ2) is 4.76. The van der Waals surface area contributed by atoms with Crippen LogP contribution in [-0.4, -0.2) is 36.5 Å². The standard InChI is InChI=1S/C9H17N3O2S/c1-4-5-6-12(3)15(13,14)9-7-10-11-8(9)2/h7H,4-6H2,1-3H3,(H,10,11). The average Bonchev–Trinajstić information content (AvgIpc) is 2.61. The highest BCUT2D eigenvalue weighted by atomic mass is 32.2. The van der Waals surface area contributed by atoms with Gasteiger partial charge in [-0.05, 0) is 13.3 Å². The van der Waals surface area contributed by atoms with Crippen molar-refractivity contribution in [3.63, 3.8) is 0 Å². The van der Waals surface area contributed by atoms with Crippen LogP contribution >= 0.6 is 0 Å². The Hall–Kier alpha value is -0.880. The van der Waals surface area contributed by atoms with Crippen LogP contribution < -0.4 is 0 Å². The fourth-order valence-corrected chi connectivity index (χ4v) is 2.59. The number of aryl methyl sites for hydroxylation is 1. The first-order valence-electron chi connectivity index (χ1n) is 4.96. The van der Waals surface area contributed by atoms with Crippen molar-refractivity contribution in [1.29, 1.82) is 0 Å². The van der Waals surface area contributed by atoms with Crippen LogP contribution in [0, 0.1) is 6.92 Å². The van der Waals surface area contributed by atoms with Gasteiger partial charge < -0.3 is 0 Å². The highest BCUT2D eigenvalue weighted by Gasteiger charge is 2.23. The van der Waals surface area contributed by atoms with E-state index in [-0.39, 0.29) is 4.90 Å². The van der Waals surface area contributed by atoms with Crippen molar-refractivity contribution in [2.24, 2.45) is 0 Å². The minimum absolute atomic E-state index is 0.265. The number of hydrogen-bond donors (Lipinski definition) is 1. The fraction of sp³-hybridized carbons (Fsp3) is 0.667. The Balaban J connectivity index is 2.88. The van der Waals surface area contributed by atoms with E-state index in [1.165, 1.54) is 10.5 Å². The molecule has 0 aliphatic carbocycles. The summed E-state index contributed by atoms with van der Waals surface area (Å²) >= 11 is 0. The summed E-state index contributed by atoms with van der Waals surface area (Å²) in [7, 11) is -1.76. The molecule has 1 N–H and O–H groups in total. The van der Waals surface area contributed by atoms with Crippen LogP contribution in [0.3, 0.4) is 0 Å². The number of rotatable bonds is 5. The van der Waals surface area contributed by atoms with E-state index in [1.807, 2.05) is 6.92 Å². The Labute approximate surface area is 90.5 Å². The van der Waals surface area contributed by atoms with Gasteiger partial charge in [0.05, 0.1) is 11.9 Å². The van der Waals surface area contributed by atoms with E-state index in [4.69, 9.17) is 0 Å². The summed E-state index contributed by atoms with van der Waals surface area (Å²) in [5, 5.41) is 6.35. The third-order valence-corrected chi connectivity index (χ3v) is 4.27. The Morgan fingerprint density at radius 1 is 1.53 bits per heavy atom. The Kier molecular flexibility index (Phi) is 3.87. The van der Waals surface area contributed by atoms with Crippen LogP contribution in [-0.2, 0) is 10.0 Å². The van der Waals surface area contributed by atoms with E-state index in [1.54, 1.807) is 14.0 Å². The molecule has 0 fully saturated rings. The van der Waals surface area contributed by atoms with Crippen LogP contribution in [0.2, 0.25) is 0 Å². The molecule has 0 radical (unpaired) electrons. The Morgan fingerprint density at radius 3 is 2.67 bits per heavy atom. The second-order valence-electron chi connectivity index (χ2n) is 3.54. The molecule has 0 unspecified atom stereocenters. The minimum Gasteiger partial charge on any atom is -0.281 e. The molecule has 0 saturated carbocycles. The van der Waals surface area contributed by atoms with E-state index in [9.17, 15) is 8.42 Å². The predicted octanol–water partition coefficient (Wildman–Crippen LogP) is 1.14. The van der Waals surface area contributed by atoms with Crippen LogP contribution in [0.5, 0.6) is 0 Å². The zero-order valence-corrected chi connectivity index (χ0v) is 10.1. The quantitative estimate of drug-likeness (QED) is 0.826. The highest BCUT2D eigenvalue weighted by Crippen LogP contribution is 2.16. The molecule has 0 spiro atoms. The monoisotopic (exact) mass is 231 g/mol. The summed E-state index contributed by atoms with van der Waals surface area (Å²) in [6.45, 7) is 4.28. The van der Waals surface area contributed by atoms with Crippen molar-refractivity contribution in [3.8, 4) is 0 Å². The highest BCUT2D eigenvalue weighted by molar-refractivity contribution is 7.89. The number of nitrogens with one attached hydrogen (secondary N) is 1. The molecule has 1 aromatic rings. The molecule has 0 aliphatic heterocycles. The van der Waals surface area contributed by atoms with Gasteiger partial charge >= 0.3 is 0 Å². The zero-order chi connectivity index (χ0) is 11.5. The van der Waals surface area contributed by atoms with Gasteiger partial charge in [-0.1, -0.05) is 13.3 Å². The van der Waals surface area contributed by atoms with Crippen molar-refractivity contribution in [1.82, 2.24) is 14.5 Å². The molecular weight excluding hydrogens is 214 g/mol.